The van der Waals surface area contributed by atoms with E-state index in [0.29, 0.717) is 0 Å². The van der Waals surface area contributed by atoms with Crippen LogP contribution >= 0.6 is 0 Å². The molecule has 0 radical (unpaired) electrons. The van der Waals surface area contributed by atoms with Crippen LogP contribution in [0.3, 0.4) is 0 Å². The van der Waals surface area contributed by atoms with Crippen LogP contribution in [-0.4, -0.2) is 6.61 Å². The van der Waals surface area contributed by atoms with Crippen LogP contribution in [0.4, 0.5) is 4.39 Å². The van der Waals surface area contributed by atoms with Crippen molar-refractivity contribution in [3.63, 3.8) is 0 Å². The maximum absolute atomic E-state index is 13.2. The Morgan fingerprint density at radius 3 is 3.00 bits per heavy atom. The number of nitrogens with one attached hydrogen (secondary N) is 1. The van der Waals surface area contributed by atoms with E-state index >= 15 is 0 Å². The molecule has 2 aromatic rings. The van der Waals surface area contributed by atoms with Gasteiger partial charge in [-0.2, -0.15) is 0 Å². The second-order valence-electron chi connectivity index (χ2n) is 5.20. The lowest BCUT2D eigenvalue weighted by Gasteiger charge is -2.14. The van der Waals surface area contributed by atoms with Crippen LogP contribution < -0.4 is 10.1 Å². The van der Waals surface area contributed by atoms with Crippen LogP contribution in [0.2, 0.25) is 0 Å². The van der Waals surface area contributed by atoms with Crippen molar-refractivity contribution in [3.05, 3.63) is 65.0 Å². The molecular weight excluding hydrogens is 253 g/mol. The molecule has 1 N–H and O–H groups in total. The molecular formula is C17H18FNO. The van der Waals surface area contributed by atoms with Crippen molar-refractivity contribution >= 4 is 0 Å². The predicted molar refractivity (Wildman–Crippen MR) is 77.3 cm³/mol. The summed E-state index contributed by atoms with van der Waals surface area (Å²) in [6, 6.07) is 13.2. The Balaban J connectivity index is 1.64. The van der Waals surface area contributed by atoms with Crippen molar-refractivity contribution in [1.29, 1.82) is 0 Å². The Kier molecular flexibility index (Phi) is 3.70. The Morgan fingerprint density at radius 2 is 2.15 bits per heavy atom. The quantitative estimate of drug-likeness (QED) is 0.917. The smallest absolute Gasteiger partial charge is 0.123 e. The molecule has 2 nitrogen and oxygen atoms in total. The van der Waals surface area contributed by atoms with Crippen molar-refractivity contribution in [1.82, 2.24) is 5.32 Å². The summed E-state index contributed by atoms with van der Waals surface area (Å²) in [4.78, 5) is 0. The van der Waals surface area contributed by atoms with E-state index in [0.717, 1.165) is 30.9 Å². The third-order valence-electron chi connectivity index (χ3n) is 3.71. The number of benzene rings is 2. The molecule has 1 aliphatic heterocycles. The first kappa shape index (κ1) is 13.1. The molecule has 0 aliphatic carbocycles. The highest BCUT2D eigenvalue weighted by molar-refractivity contribution is 5.39. The number of hydrogen-bond donors (Lipinski definition) is 1. The minimum atomic E-state index is -0.189. The van der Waals surface area contributed by atoms with Gasteiger partial charge in [0.15, 0.2) is 0 Å². The number of ether oxygens (including phenoxy) is 1. The molecule has 0 fully saturated rings. The normalized spacial score (nSPS) is 14.7. The van der Waals surface area contributed by atoms with Gasteiger partial charge < -0.3 is 10.1 Å². The Morgan fingerprint density at radius 1 is 1.25 bits per heavy atom. The van der Waals surface area contributed by atoms with E-state index in [-0.39, 0.29) is 11.9 Å². The molecule has 3 rings (SSSR count). The lowest BCUT2D eigenvalue weighted by Crippen LogP contribution is -2.18. The first-order valence-corrected chi connectivity index (χ1v) is 6.96. The third-order valence-corrected chi connectivity index (χ3v) is 3.71. The van der Waals surface area contributed by atoms with Gasteiger partial charge >= 0.3 is 0 Å². The first-order chi connectivity index (χ1) is 9.72. The summed E-state index contributed by atoms with van der Waals surface area (Å²) < 4.78 is 18.7. The fourth-order valence-corrected chi connectivity index (χ4v) is 2.51. The molecule has 1 atom stereocenters. The van der Waals surface area contributed by atoms with Crippen LogP contribution in [0.1, 0.15) is 29.7 Å². The summed E-state index contributed by atoms with van der Waals surface area (Å²) in [6.45, 7) is 3.60. The molecule has 0 saturated heterocycles. The van der Waals surface area contributed by atoms with E-state index in [1.54, 1.807) is 12.1 Å². The second kappa shape index (κ2) is 5.63. The largest absolute Gasteiger partial charge is 0.493 e. The maximum atomic E-state index is 13.2. The summed E-state index contributed by atoms with van der Waals surface area (Å²) >= 11 is 0. The monoisotopic (exact) mass is 271 g/mol. The zero-order valence-corrected chi connectivity index (χ0v) is 11.5. The highest BCUT2D eigenvalue weighted by Gasteiger charge is 2.12. The molecule has 0 aromatic heterocycles. The summed E-state index contributed by atoms with van der Waals surface area (Å²) in [5, 5.41) is 3.43. The van der Waals surface area contributed by atoms with Gasteiger partial charge in [0.1, 0.15) is 11.6 Å². The molecule has 1 aliphatic rings. The van der Waals surface area contributed by atoms with E-state index in [9.17, 15) is 4.39 Å². The van der Waals surface area contributed by atoms with Crippen LogP contribution in [-0.2, 0) is 13.0 Å². The molecule has 0 spiro atoms. The number of fused-ring (bicyclic) bond motifs is 1. The van der Waals surface area contributed by atoms with E-state index in [1.807, 2.05) is 19.1 Å². The summed E-state index contributed by atoms with van der Waals surface area (Å²) in [7, 11) is 0. The van der Waals surface area contributed by atoms with Gasteiger partial charge in [-0.1, -0.05) is 24.3 Å². The van der Waals surface area contributed by atoms with Crippen LogP contribution in [0, 0.1) is 5.82 Å². The summed E-state index contributed by atoms with van der Waals surface area (Å²) in [6.07, 6.45) is 0.989. The Bertz CT molecular complexity index is 612. The molecule has 0 unspecified atom stereocenters. The van der Waals surface area contributed by atoms with E-state index in [4.69, 9.17) is 4.74 Å². The minimum absolute atomic E-state index is 0.121. The van der Waals surface area contributed by atoms with Crippen LogP contribution in [0.25, 0.3) is 0 Å². The number of halogens is 1. The van der Waals surface area contributed by atoms with E-state index < -0.39 is 0 Å². The van der Waals surface area contributed by atoms with Crippen LogP contribution in [0.15, 0.2) is 42.5 Å². The van der Waals surface area contributed by atoms with Gasteiger partial charge in [-0.25, -0.2) is 4.39 Å². The van der Waals surface area contributed by atoms with Crippen molar-refractivity contribution in [2.45, 2.75) is 25.9 Å². The fourth-order valence-electron chi connectivity index (χ4n) is 2.51. The highest BCUT2D eigenvalue weighted by Crippen LogP contribution is 2.26. The molecule has 2 aromatic carbocycles. The van der Waals surface area contributed by atoms with E-state index in [2.05, 4.69) is 17.4 Å². The lowest BCUT2D eigenvalue weighted by molar-refractivity contribution is 0.357. The molecule has 0 saturated carbocycles. The number of rotatable bonds is 4. The topological polar surface area (TPSA) is 21.3 Å². The molecule has 0 amide bonds. The fraction of sp³-hybridized carbons (Fsp3) is 0.294. The lowest BCUT2D eigenvalue weighted by atomic mass is 10.1. The third kappa shape index (κ3) is 2.83. The predicted octanol–water partition coefficient (Wildman–Crippen LogP) is 3.61. The number of hydrogen-bond acceptors (Lipinski definition) is 2. The van der Waals surface area contributed by atoms with Crippen LogP contribution in [0.5, 0.6) is 5.75 Å². The summed E-state index contributed by atoms with van der Waals surface area (Å²) in [5.41, 5.74) is 3.48. The standard InChI is InChI=1S/C17H18FNO/c1-12(14-3-2-4-16(18)10-14)19-11-13-5-6-17-15(9-13)7-8-20-17/h2-6,9-10,12,19H,7-8,11H2,1H3/t12-/m0/s1. The van der Waals surface area contributed by atoms with Gasteiger partial charge in [0.2, 0.25) is 0 Å². The SMILES string of the molecule is C[C@H](NCc1ccc2c(c1)CCO2)c1cccc(F)c1. The minimum Gasteiger partial charge on any atom is -0.493 e. The molecule has 104 valence electrons. The van der Waals surface area contributed by atoms with Crippen molar-refractivity contribution in [2.24, 2.45) is 0 Å². The second-order valence-corrected chi connectivity index (χ2v) is 5.20. The highest BCUT2D eigenvalue weighted by atomic mass is 19.1. The average Bonchev–Trinajstić information content (AvgIpc) is 2.92. The first-order valence-electron chi connectivity index (χ1n) is 6.96. The molecule has 3 heteroatoms. The average molecular weight is 271 g/mol. The van der Waals surface area contributed by atoms with E-state index in [1.165, 1.54) is 17.2 Å². The Hall–Kier alpha value is -1.87. The molecule has 0 bridgehead atoms. The zero-order chi connectivity index (χ0) is 13.9. The van der Waals surface area contributed by atoms with Gasteiger partial charge in [0.25, 0.3) is 0 Å². The van der Waals surface area contributed by atoms with Gasteiger partial charge in [-0.3, -0.25) is 0 Å². The van der Waals surface area contributed by atoms with Crippen molar-refractivity contribution < 1.29 is 9.13 Å². The van der Waals surface area contributed by atoms with Crippen molar-refractivity contribution in [2.75, 3.05) is 6.61 Å². The van der Waals surface area contributed by atoms with Crippen molar-refractivity contribution in [3.8, 4) is 5.75 Å². The molecule has 20 heavy (non-hydrogen) atoms. The van der Waals surface area contributed by atoms with Gasteiger partial charge in [-0.05, 0) is 41.8 Å². The van der Waals surface area contributed by atoms with Gasteiger partial charge in [0.05, 0.1) is 6.61 Å². The summed E-state index contributed by atoms with van der Waals surface area (Å²) in [5.74, 6) is 0.817. The molecule has 1 heterocycles. The van der Waals surface area contributed by atoms with Gasteiger partial charge in [-0.15, -0.1) is 0 Å². The Labute approximate surface area is 118 Å². The van der Waals surface area contributed by atoms with Gasteiger partial charge in [0, 0.05) is 19.0 Å². The zero-order valence-electron chi connectivity index (χ0n) is 11.5. The maximum Gasteiger partial charge on any atom is 0.123 e.